The summed E-state index contributed by atoms with van der Waals surface area (Å²) in [6.07, 6.45) is -0.815. The van der Waals surface area contributed by atoms with Gasteiger partial charge in [-0.05, 0) is 0 Å². The van der Waals surface area contributed by atoms with Crippen LogP contribution in [0.3, 0.4) is 0 Å². The summed E-state index contributed by atoms with van der Waals surface area (Å²) in [6.45, 7) is 1.81. The van der Waals surface area contributed by atoms with Crippen LogP contribution in [-0.2, 0) is 9.84 Å². The molecular weight excluding hydrogens is 194 g/mol. The molecular formula is C7H17NO4S. The first-order chi connectivity index (χ1) is 6.02. The van der Waals surface area contributed by atoms with E-state index in [0.717, 1.165) is 0 Å². The van der Waals surface area contributed by atoms with E-state index in [1.165, 1.54) is 0 Å². The van der Waals surface area contributed by atoms with Crippen molar-refractivity contribution in [2.75, 3.05) is 31.2 Å². The summed E-state index contributed by atoms with van der Waals surface area (Å²) in [4.78, 5) is 0. The number of hydrogen-bond donors (Lipinski definition) is 3. The van der Waals surface area contributed by atoms with Crippen molar-refractivity contribution in [3.05, 3.63) is 0 Å². The first kappa shape index (κ1) is 12.8. The Morgan fingerprint density at radius 2 is 2.08 bits per heavy atom. The molecule has 0 spiro atoms. The number of sulfone groups is 1. The van der Waals surface area contributed by atoms with Crippen molar-refractivity contribution in [1.82, 2.24) is 5.32 Å². The summed E-state index contributed by atoms with van der Waals surface area (Å²) in [7, 11) is -2.93. The fraction of sp³-hybridized carbons (Fsp3) is 1.00. The molecule has 0 bridgehead atoms. The van der Waals surface area contributed by atoms with Gasteiger partial charge in [-0.3, -0.25) is 0 Å². The van der Waals surface area contributed by atoms with Crippen molar-refractivity contribution in [2.24, 2.45) is 0 Å². The molecule has 0 aliphatic rings. The molecule has 5 nitrogen and oxygen atoms in total. The SMILES string of the molecule is CCS(=O)(=O)CCNC[C@H](O)CO. The fourth-order valence-corrected chi connectivity index (χ4v) is 1.45. The van der Waals surface area contributed by atoms with Crippen LogP contribution in [0.1, 0.15) is 6.92 Å². The molecule has 0 saturated heterocycles. The van der Waals surface area contributed by atoms with Crippen LogP contribution in [0.2, 0.25) is 0 Å². The Kier molecular flexibility index (Phi) is 6.23. The van der Waals surface area contributed by atoms with E-state index in [0.29, 0.717) is 6.54 Å². The Bertz CT molecular complexity index is 215. The molecule has 0 saturated carbocycles. The molecule has 0 aliphatic heterocycles. The predicted molar refractivity (Wildman–Crippen MR) is 50.3 cm³/mol. The minimum Gasteiger partial charge on any atom is -0.394 e. The average Bonchev–Trinajstić information content (AvgIpc) is 2.12. The highest BCUT2D eigenvalue weighted by molar-refractivity contribution is 7.91. The van der Waals surface area contributed by atoms with E-state index < -0.39 is 15.9 Å². The van der Waals surface area contributed by atoms with Gasteiger partial charge in [0.25, 0.3) is 0 Å². The third-order valence-electron chi connectivity index (χ3n) is 1.62. The van der Waals surface area contributed by atoms with Crippen LogP contribution < -0.4 is 5.32 Å². The third kappa shape index (κ3) is 6.94. The molecule has 0 heterocycles. The molecule has 13 heavy (non-hydrogen) atoms. The molecule has 0 unspecified atom stereocenters. The predicted octanol–water partition coefficient (Wildman–Crippen LogP) is -1.64. The van der Waals surface area contributed by atoms with Gasteiger partial charge in [0, 0.05) is 18.8 Å². The third-order valence-corrected chi connectivity index (χ3v) is 3.33. The second kappa shape index (κ2) is 6.31. The van der Waals surface area contributed by atoms with Gasteiger partial charge in [-0.15, -0.1) is 0 Å². The molecule has 6 heteroatoms. The Labute approximate surface area is 78.7 Å². The first-order valence-corrected chi connectivity index (χ1v) is 6.04. The van der Waals surface area contributed by atoms with Crippen molar-refractivity contribution in [3.63, 3.8) is 0 Å². The van der Waals surface area contributed by atoms with E-state index in [1.807, 2.05) is 0 Å². The summed E-state index contributed by atoms with van der Waals surface area (Å²) < 4.78 is 21.9. The number of hydrogen-bond acceptors (Lipinski definition) is 5. The average molecular weight is 211 g/mol. The van der Waals surface area contributed by atoms with Crippen LogP contribution in [0.4, 0.5) is 0 Å². The van der Waals surface area contributed by atoms with E-state index in [9.17, 15) is 8.42 Å². The minimum absolute atomic E-state index is 0.0711. The molecule has 0 aromatic rings. The number of aliphatic hydroxyl groups excluding tert-OH is 2. The van der Waals surface area contributed by atoms with Crippen LogP contribution >= 0.6 is 0 Å². The summed E-state index contributed by atoms with van der Waals surface area (Å²) in [5.74, 6) is 0.207. The molecule has 0 fully saturated rings. The zero-order valence-corrected chi connectivity index (χ0v) is 8.55. The van der Waals surface area contributed by atoms with E-state index >= 15 is 0 Å². The maximum absolute atomic E-state index is 11.0. The zero-order valence-electron chi connectivity index (χ0n) is 7.73. The van der Waals surface area contributed by atoms with Crippen molar-refractivity contribution in [3.8, 4) is 0 Å². The molecule has 0 rings (SSSR count). The lowest BCUT2D eigenvalue weighted by Crippen LogP contribution is -2.32. The quantitative estimate of drug-likeness (QED) is 0.440. The largest absolute Gasteiger partial charge is 0.394 e. The Balaban J connectivity index is 3.47. The zero-order chi connectivity index (χ0) is 10.3. The molecule has 0 aromatic carbocycles. The van der Waals surface area contributed by atoms with E-state index in [4.69, 9.17) is 10.2 Å². The lowest BCUT2D eigenvalue weighted by Gasteiger charge is -2.08. The lowest BCUT2D eigenvalue weighted by molar-refractivity contribution is 0.0950. The number of rotatable bonds is 7. The van der Waals surface area contributed by atoms with Gasteiger partial charge in [-0.25, -0.2) is 8.42 Å². The van der Waals surface area contributed by atoms with E-state index in [1.54, 1.807) is 6.92 Å². The minimum atomic E-state index is -2.93. The summed E-state index contributed by atoms with van der Waals surface area (Å²) >= 11 is 0. The molecule has 0 amide bonds. The molecule has 1 atom stereocenters. The van der Waals surface area contributed by atoms with Crippen LogP contribution in [0.15, 0.2) is 0 Å². The second-order valence-electron chi connectivity index (χ2n) is 2.78. The monoisotopic (exact) mass is 211 g/mol. The van der Waals surface area contributed by atoms with Crippen LogP contribution in [0, 0.1) is 0 Å². The van der Waals surface area contributed by atoms with Gasteiger partial charge in [-0.2, -0.15) is 0 Å². The highest BCUT2D eigenvalue weighted by Gasteiger charge is 2.07. The van der Waals surface area contributed by atoms with Crippen LogP contribution in [-0.4, -0.2) is 55.9 Å². The first-order valence-electron chi connectivity index (χ1n) is 4.22. The molecule has 0 aromatic heterocycles. The van der Waals surface area contributed by atoms with E-state index in [2.05, 4.69) is 5.32 Å². The second-order valence-corrected chi connectivity index (χ2v) is 5.25. The molecule has 0 radical (unpaired) electrons. The van der Waals surface area contributed by atoms with Gasteiger partial charge in [0.05, 0.1) is 18.5 Å². The molecule has 3 N–H and O–H groups in total. The van der Waals surface area contributed by atoms with Gasteiger partial charge < -0.3 is 15.5 Å². The normalized spacial score (nSPS) is 14.4. The molecule has 0 aliphatic carbocycles. The van der Waals surface area contributed by atoms with Gasteiger partial charge in [0.15, 0.2) is 9.84 Å². The van der Waals surface area contributed by atoms with Crippen LogP contribution in [0.25, 0.3) is 0 Å². The number of nitrogens with one attached hydrogen (secondary N) is 1. The fourth-order valence-electron chi connectivity index (χ4n) is 0.705. The van der Waals surface area contributed by atoms with Crippen LogP contribution in [0.5, 0.6) is 0 Å². The highest BCUT2D eigenvalue weighted by Crippen LogP contribution is 1.87. The Morgan fingerprint density at radius 1 is 1.46 bits per heavy atom. The van der Waals surface area contributed by atoms with Gasteiger partial charge in [-0.1, -0.05) is 6.92 Å². The highest BCUT2D eigenvalue weighted by atomic mass is 32.2. The Morgan fingerprint density at radius 3 is 2.54 bits per heavy atom. The van der Waals surface area contributed by atoms with Gasteiger partial charge in [0.1, 0.15) is 0 Å². The Hall–Kier alpha value is -0.170. The molecule has 80 valence electrons. The maximum Gasteiger partial charge on any atom is 0.151 e. The topological polar surface area (TPSA) is 86.6 Å². The van der Waals surface area contributed by atoms with Crippen molar-refractivity contribution in [1.29, 1.82) is 0 Å². The van der Waals surface area contributed by atoms with Gasteiger partial charge >= 0.3 is 0 Å². The number of aliphatic hydroxyl groups is 2. The van der Waals surface area contributed by atoms with Crippen molar-refractivity contribution in [2.45, 2.75) is 13.0 Å². The summed E-state index contributed by atoms with van der Waals surface area (Å²) in [5.41, 5.74) is 0. The summed E-state index contributed by atoms with van der Waals surface area (Å²) in [6, 6.07) is 0. The van der Waals surface area contributed by atoms with Gasteiger partial charge in [0.2, 0.25) is 0 Å². The smallest absolute Gasteiger partial charge is 0.151 e. The van der Waals surface area contributed by atoms with Crippen molar-refractivity contribution >= 4 is 9.84 Å². The lowest BCUT2D eigenvalue weighted by atomic mass is 10.4. The standard InChI is InChI=1S/C7H17NO4S/c1-2-13(11,12)4-3-8-5-7(10)6-9/h7-10H,2-6H2,1H3/t7-/m0/s1. The van der Waals surface area contributed by atoms with E-state index in [-0.39, 0.29) is 24.7 Å². The maximum atomic E-state index is 11.0. The van der Waals surface area contributed by atoms with Crippen molar-refractivity contribution < 1.29 is 18.6 Å². The summed E-state index contributed by atoms with van der Waals surface area (Å²) in [5, 5.41) is 20.1.